The highest BCUT2D eigenvalue weighted by Crippen LogP contribution is 2.67. The predicted molar refractivity (Wildman–Crippen MR) is 168 cm³/mol. The van der Waals surface area contributed by atoms with E-state index < -0.39 is 0 Å². The van der Waals surface area contributed by atoms with Crippen molar-refractivity contribution in [1.29, 1.82) is 0 Å². The standard InChI is InChI=1S/C38H36BNO/c1-37-20-8-9-21-38(37,2)40-32-23-28(27-15-10-14-26(22-27)25-12-4-3-5-13-25)24-34-35(32)39(30-17-6-7-19-33(30)41-34)31-18-11-16-29(37)36(31)40/h3-7,10-19,22,24,28,31,36H,8-9,20-21,23H2,1-2H3/t28?,31?,36?,37?,38-/m1/s1. The molecule has 0 bridgehead atoms. The number of rotatable bonds is 2. The second kappa shape index (κ2) is 8.41. The molecule has 0 N–H and O–H groups in total. The van der Waals surface area contributed by atoms with Gasteiger partial charge in [0.1, 0.15) is 11.5 Å². The van der Waals surface area contributed by atoms with Gasteiger partial charge in [-0.05, 0) is 77.3 Å². The van der Waals surface area contributed by atoms with Gasteiger partial charge in [-0.15, -0.1) is 0 Å². The maximum atomic E-state index is 6.86. The van der Waals surface area contributed by atoms with Crippen LogP contribution in [0.25, 0.3) is 11.1 Å². The third-order valence-electron chi connectivity index (χ3n) is 11.7. The molecule has 5 atom stereocenters. The molecular formula is C38H36BNO. The molecule has 0 spiro atoms. The lowest BCUT2D eigenvalue weighted by Crippen LogP contribution is -2.60. The van der Waals surface area contributed by atoms with Crippen molar-refractivity contribution in [3.05, 3.63) is 131 Å². The van der Waals surface area contributed by atoms with Gasteiger partial charge in [0.25, 0.3) is 0 Å². The van der Waals surface area contributed by atoms with Gasteiger partial charge in [0.2, 0.25) is 6.71 Å². The summed E-state index contributed by atoms with van der Waals surface area (Å²) in [5.74, 6) is 2.84. The Labute approximate surface area is 244 Å². The normalized spacial score (nSPS) is 32.3. The minimum atomic E-state index is 0.120. The lowest BCUT2D eigenvalue weighted by atomic mass is 9.28. The van der Waals surface area contributed by atoms with E-state index >= 15 is 0 Å². The first-order valence-electron chi connectivity index (χ1n) is 15.6. The lowest BCUT2D eigenvalue weighted by Gasteiger charge is -2.55. The van der Waals surface area contributed by atoms with Crippen molar-refractivity contribution < 1.29 is 4.74 Å². The summed E-state index contributed by atoms with van der Waals surface area (Å²) in [4.78, 5) is 2.95. The van der Waals surface area contributed by atoms with Gasteiger partial charge in [0, 0.05) is 22.6 Å². The first kappa shape index (κ1) is 23.9. The highest BCUT2D eigenvalue weighted by atomic mass is 16.5. The first-order valence-corrected chi connectivity index (χ1v) is 15.6. The van der Waals surface area contributed by atoms with Crippen molar-refractivity contribution >= 4 is 12.2 Å². The zero-order chi connectivity index (χ0) is 27.3. The first-order chi connectivity index (χ1) is 20.1. The van der Waals surface area contributed by atoms with Gasteiger partial charge in [-0.25, -0.2) is 0 Å². The topological polar surface area (TPSA) is 12.5 Å². The van der Waals surface area contributed by atoms with E-state index in [9.17, 15) is 0 Å². The number of hydrogen-bond donors (Lipinski definition) is 0. The Kier molecular flexibility index (Phi) is 4.91. The highest BCUT2D eigenvalue weighted by Gasteiger charge is 2.66. The van der Waals surface area contributed by atoms with Gasteiger partial charge in [-0.3, -0.25) is 0 Å². The van der Waals surface area contributed by atoms with Crippen molar-refractivity contribution in [1.82, 2.24) is 4.90 Å². The molecular weight excluding hydrogens is 497 g/mol. The van der Waals surface area contributed by atoms with Gasteiger partial charge in [-0.2, -0.15) is 0 Å². The van der Waals surface area contributed by atoms with Gasteiger partial charge < -0.3 is 9.64 Å². The van der Waals surface area contributed by atoms with E-state index in [1.54, 1.807) is 11.3 Å². The quantitative estimate of drug-likeness (QED) is 0.308. The molecule has 1 saturated carbocycles. The summed E-state index contributed by atoms with van der Waals surface area (Å²) in [6.07, 6.45) is 16.1. The molecule has 3 aliphatic carbocycles. The Hall–Kier alpha value is -3.72. The average Bonchev–Trinajstić information content (AvgIpc) is 3.23. The van der Waals surface area contributed by atoms with Crippen LogP contribution in [-0.4, -0.2) is 23.2 Å². The van der Waals surface area contributed by atoms with Crippen molar-refractivity contribution in [3.8, 4) is 16.9 Å². The Balaban J connectivity index is 1.25. The Morgan fingerprint density at radius 2 is 1.68 bits per heavy atom. The molecule has 41 heavy (non-hydrogen) atoms. The fourth-order valence-corrected chi connectivity index (χ4v) is 9.66. The molecule has 0 radical (unpaired) electrons. The number of para-hydroxylation sites is 1. The molecule has 0 aromatic heterocycles. The van der Waals surface area contributed by atoms with E-state index in [1.165, 1.54) is 53.3 Å². The van der Waals surface area contributed by atoms with E-state index in [4.69, 9.17) is 4.74 Å². The second-order valence-electron chi connectivity index (χ2n) is 13.5. The maximum Gasteiger partial charge on any atom is 0.230 e. The fraction of sp³-hybridized carbons (Fsp3) is 0.316. The van der Waals surface area contributed by atoms with Crippen LogP contribution in [0.3, 0.4) is 0 Å². The average molecular weight is 534 g/mol. The minimum absolute atomic E-state index is 0.120. The summed E-state index contributed by atoms with van der Waals surface area (Å²) in [6, 6.07) is 29.3. The minimum Gasteiger partial charge on any atom is -0.459 e. The van der Waals surface area contributed by atoms with Crippen molar-refractivity contribution in [3.63, 3.8) is 0 Å². The molecule has 3 aromatic carbocycles. The summed E-state index contributed by atoms with van der Waals surface area (Å²) in [5.41, 5.74) is 10.3. The van der Waals surface area contributed by atoms with Crippen LogP contribution in [-0.2, 0) is 0 Å². The van der Waals surface area contributed by atoms with Crippen LogP contribution in [0.4, 0.5) is 0 Å². The molecule has 3 heterocycles. The van der Waals surface area contributed by atoms with Crippen molar-refractivity contribution in [2.45, 2.75) is 69.3 Å². The summed E-state index contributed by atoms with van der Waals surface area (Å²) >= 11 is 0. The SMILES string of the molecule is CC12CCCC[C@@]1(C)N1C3=C4B(c5ccccc5OC4=CC(c4cccc(-c5ccccc5)c4)C3)C3C=CC=C2C31. The molecule has 2 fully saturated rings. The van der Waals surface area contributed by atoms with E-state index in [-0.39, 0.29) is 16.9 Å². The number of ether oxygens (including phenoxy) is 1. The monoisotopic (exact) mass is 533 g/mol. The van der Waals surface area contributed by atoms with Gasteiger partial charge in [0.05, 0.1) is 6.04 Å². The third kappa shape index (κ3) is 3.10. The second-order valence-corrected chi connectivity index (χ2v) is 13.5. The smallest absolute Gasteiger partial charge is 0.230 e. The summed E-state index contributed by atoms with van der Waals surface area (Å²) in [6.45, 7) is 5.52. The number of nitrogens with zero attached hydrogens (tertiary/aromatic N) is 1. The van der Waals surface area contributed by atoms with Crippen molar-refractivity contribution in [2.75, 3.05) is 0 Å². The summed E-state index contributed by atoms with van der Waals surface area (Å²) in [7, 11) is 0. The van der Waals surface area contributed by atoms with Gasteiger partial charge in [-0.1, -0.05) is 111 Å². The molecule has 0 amide bonds. The van der Waals surface area contributed by atoms with E-state index in [0.717, 1.165) is 17.9 Å². The van der Waals surface area contributed by atoms with Crippen molar-refractivity contribution in [2.24, 2.45) is 5.41 Å². The van der Waals surface area contributed by atoms with Crippen LogP contribution < -0.4 is 10.2 Å². The fourth-order valence-electron chi connectivity index (χ4n) is 9.66. The van der Waals surface area contributed by atoms with Crippen LogP contribution in [0.15, 0.2) is 126 Å². The van der Waals surface area contributed by atoms with Crippen LogP contribution >= 0.6 is 0 Å². The Bertz CT molecular complexity index is 1710. The van der Waals surface area contributed by atoms with Crippen LogP contribution in [0, 0.1) is 5.41 Å². The van der Waals surface area contributed by atoms with Crippen LogP contribution in [0.2, 0.25) is 5.82 Å². The molecule has 9 rings (SSSR count). The molecule has 3 heteroatoms. The van der Waals surface area contributed by atoms with Crippen LogP contribution in [0.5, 0.6) is 5.75 Å². The largest absolute Gasteiger partial charge is 0.459 e. The van der Waals surface area contributed by atoms with E-state index in [2.05, 4.69) is 122 Å². The van der Waals surface area contributed by atoms with E-state index in [1.807, 2.05) is 0 Å². The number of allylic oxidation sites excluding steroid dienone is 5. The summed E-state index contributed by atoms with van der Waals surface area (Å²) < 4.78 is 6.86. The number of hydrogen-bond acceptors (Lipinski definition) is 2. The molecule has 202 valence electrons. The van der Waals surface area contributed by atoms with E-state index in [0.29, 0.717) is 18.6 Å². The Morgan fingerprint density at radius 3 is 2.59 bits per heavy atom. The number of fused-ring (bicyclic) bond motifs is 7. The molecule has 2 nitrogen and oxygen atoms in total. The van der Waals surface area contributed by atoms with Gasteiger partial charge >= 0.3 is 0 Å². The molecule has 4 unspecified atom stereocenters. The molecule has 6 aliphatic rings. The maximum absolute atomic E-state index is 6.86. The zero-order valence-corrected chi connectivity index (χ0v) is 24.0. The highest BCUT2D eigenvalue weighted by molar-refractivity contribution is 6.84. The van der Waals surface area contributed by atoms with Crippen LogP contribution in [0.1, 0.15) is 57.4 Å². The molecule has 3 aromatic rings. The predicted octanol–water partition coefficient (Wildman–Crippen LogP) is 8.22. The summed E-state index contributed by atoms with van der Waals surface area (Å²) in [5, 5.41) is 0. The molecule has 3 aliphatic heterocycles. The number of benzene rings is 3. The van der Waals surface area contributed by atoms with Gasteiger partial charge in [0.15, 0.2) is 0 Å². The zero-order valence-electron chi connectivity index (χ0n) is 24.0. The lowest BCUT2D eigenvalue weighted by molar-refractivity contribution is 0.0351. The third-order valence-corrected chi connectivity index (χ3v) is 11.7. The Morgan fingerprint density at radius 1 is 0.878 bits per heavy atom. The molecule has 1 saturated heterocycles.